The molecule has 4 rings (SSSR count). The zero-order chi connectivity index (χ0) is 20.4. The molecule has 9 heteroatoms. The Kier molecular flexibility index (Phi) is 4.82. The lowest BCUT2D eigenvalue weighted by Gasteiger charge is -2.08. The third kappa shape index (κ3) is 3.83. The van der Waals surface area contributed by atoms with Gasteiger partial charge in [0.2, 0.25) is 0 Å². The molecule has 0 radical (unpaired) electrons. The Hall–Kier alpha value is -4.14. The molecule has 0 unspecified atom stereocenters. The zero-order valence-electron chi connectivity index (χ0n) is 14.5. The Morgan fingerprint density at radius 1 is 0.643 bits per heavy atom. The van der Waals surface area contributed by atoms with E-state index in [1.165, 1.54) is 24.3 Å². The van der Waals surface area contributed by atoms with Gasteiger partial charge in [-0.15, -0.1) is 0 Å². The number of imide groups is 3. The maximum Gasteiger partial charge on any atom is 0.258 e. The van der Waals surface area contributed by atoms with Gasteiger partial charge in [-0.1, -0.05) is 12.1 Å². The zero-order valence-corrected chi connectivity index (χ0v) is 14.5. The van der Waals surface area contributed by atoms with Crippen LogP contribution in [-0.4, -0.2) is 35.4 Å². The first-order valence-electron chi connectivity index (χ1n) is 8.03. The van der Waals surface area contributed by atoms with E-state index in [2.05, 4.69) is 10.6 Å². The second-order valence-corrected chi connectivity index (χ2v) is 5.97. The molecule has 3 aliphatic heterocycles. The van der Waals surface area contributed by atoms with Crippen molar-refractivity contribution in [2.75, 3.05) is 0 Å². The first-order chi connectivity index (χ1) is 13.2. The summed E-state index contributed by atoms with van der Waals surface area (Å²) in [6, 6.07) is 5.06. The molecular weight excluding hydrogens is 366 g/mol. The van der Waals surface area contributed by atoms with Crippen LogP contribution in [0.3, 0.4) is 0 Å². The molecular formula is C19H13N3O6. The van der Waals surface area contributed by atoms with Crippen molar-refractivity contribution in [2.45, 2.75) is 6.92 Å². The molecule has 28 heavy (non-hydrogen) atoms. The maximum absolute atomic E-state index is 11.7. The molecule has 0 fully saturated rings. The summed E-state index contributed by atoms with van der Waals surface area (Å²) in [4.78, 5) is 65.9. The molecule has 0 spiro atoms. The Morgan fingerprint density at radius 2 is 1.18 bits per heavy atom. The standard InChI is InChI=1S/C15H10N2O4.C4H3NO2/c1-7-2-3-8(10-5-12(18)16-14(10)20)4-9(7)11-6-13(19)17-15(11)21;6-3-1-2-4(7)5-3/h2-6H,1H3,(H,16,18,20)(H,17,19,21);1-2H,(H,5,6,7). The number of aryl methyl sites for hydroxylation is 1. The number of benzene rings is 1. The van der Waals surface area contributed by atoms with Crippen molar-refractivity contribution in [3.8, 4) is 0 Å². The number of nitrogens with one attached hydrogen (secondary N) is 3. The highest BCUT2D eigenvalue weighted by Crippen LogP contribution is 2.27. The number of hydrogen-bond donors (Lipinski definition) is 3. The molecule has 0 aromatic heterocycles. The first kappa shape index (κ1) is 18.6. The summed E-state index contributed by atoms with van der Waals surface area (Å²) >= 11 is 0. The van der Waals surface area contributed by atoms with Gasteiger partial charge >= 0.3 is 0 Å². The van der Waals surface area contributed by atoms with Crippen molar-refractivity contribution in [1.82, 2.24) is 16.0 Å². The van der Waals surface area contributed by atoms with Crippen molar-refractivity contribution in [3.63, 3.8) is 0 Å². The van der Waals surface area contributed by atoms with Gasteiger partial charge in [0.15, 0.2) is 0 Å². The van der Waals surface area contributed by atoms with Gasteiger partial charge in [0.1, 0.15) is 0 Å². The minimum absolute atomic E-state index is 0.242. The Bertz CT molecular complexity index is 1050. The highest BCUT2D eigenvalue weighted by molar-refractivity contribution is 6.35. The minimum Gasteiger partial charge on any atom is -0.289 e. The fourth-order valence-corrected chi connectivity index (χ4v) is 2.67. The van der Waals surface area contributed by atoms with E-state index in [1.807, 2.05) is 5.32 Å². The quantitative estimate of drug-likeness (QED) is 0.580. The largest absolute Gasteiger partial charge is 0.289 e. The van der Waals surface area contributed by atoms with E-state index >= 15 is 0 Å². The third-order valence-electron chi connectivity index (χ3n) is 3.98. The van der Waals surface area contributed by atoms with E-state index in [9.17, 15) is 28.8 Å². The lowest BCUT2D eigenvalue weighted by Crippen LogP contribution is -2.22. The summed E-state index contributed by atoms with van der Waals surface area (Å²) in [5.74, 6) is -2.54. The molecule has 1 aromatic carbocycles. The fourth-order valence-electron chi connectivity index (χ4n) is 2.67. The van der Waals surface area contributed by atoms with Crippen LogP contribution in [0.4, 0.5) is 0 Å². The van der Waals surface area contributed by atoms with Crippen LogP contribution in [0.25, 0.3) is 11.1 Å². The van der Waals surface area contributed by atoms with Gasteiger partial charge in [-0.3, -0.25) is 44.7 Å². The molecule has 140 valence electrons. The topological polar surface area (TPSA) is 139 Å². The first-order valence-corrected chi connectivity index (χ1v) is 8.03. The number of carbonyl (C=O) groups excluding carboxylic acids is 6. The highest BCUT2D eigenvalue weighted by atomic mass is 16.2. The predicted octanol–water partition coefficient (Wildman–Crippen LogP) is -0.726. The van der Waals surface area contributed by atoms with Gasteiger partial charge in [-0.05, 0) is 29.7 Å². The van der Waals surface area contributed by atoms with Crippen molar-refractivity contribution in [3.05, 3.63) is 59.2 Å². The average Bonchev–Trinajstić information content (AvgIpc) is 3.27. The van der Waals surface area contributed by atoms with Crippen LogP contribution in [0.1, 0.15) is 16.7 Å². The summed E-state index contributed by atoms with van der Waals surface area (Å²) in [6.45, 7) is 1.80. The number of rotatable bonds is 2. The third-order valence-corrected chi connectivity index (χ3v) is 3.98. The number of hydrogen-bond acceptors (Lipinski definition) is 6. The highest BCUT2D eigenvalue weighted by Gasteiger charge is 2.26. The molecule has 3 heterocycles. The lowest BCUT2D eigenvalue weighted by atomic mass is 9.95. The van der Waals surface area contributed by atoms with E-state index < -0.39 is 23.6 Å². The molecule has 1 aromatic rings. The normalized spacial score (nSPS) is 17.6. The van der Waals surface area contributed by atoms with Crippen LogP contribution in [0.5, 0.6) is 0 Å². The van der Waals surface area contributed by atoms with Crippen molar-refractivity contribution in [1.29, 1.82) is 0 Å². The molecule has 3 N–H and O–H groups in total. The second-order valence-electron chi connectivity index (χ2n) is 5.97. The van der Waals surface area contributed by atoms with Gasteiger partial charge in [-0.2, -0.15) is 0 Å². The summed E-state index contributed by atoms with van der Waals surface area (Å²) in [7, 11) is 0. The minimum atomic E-state index is -0.476. The molecule has 9 nitrogen and oxygen atoms in total. The fraction of sp³-hybridized carbons (Fsp3) is 0.0526. The summed E-state index contributed by atoms with van der Waals surface area (Å²) < 4.78 is 0. The predicted molar refractivity (Wildman–Crippen MR) is 95.7 cm³/mol. The summed E-state index contributed by atoms with van der Waals surface area (Å²) in [5.41, 5.74) is 2.37. The Labute approximate surface area is 158 Å². The van der Waals surface area contributed by atoms with Gasteiger partial charge in [0.25, 0.3) is 35.4 Å². The van der Waals surface area contributed by atoms with Crippen molar-refractivity contribution >= 4 is 46.6 Å². The van der Waals surface area contributed by atoms with Gasteiger partial charge in [0.05, 0.1) is 11.1 Å². The number of carbonyl (C=O) groups is 6. The molecule has 0 saturated carbocycles. The van der Waals surface area contributed by atoms with Gasteiger partial charge in [-0.25, -0.2) is 0 Å². The Balaban J connectivity index is 0.000000271. The SMILES string of the molecule is Cc1ccc(C2=CC(=O)NC2=O)cc1C1=CC(=O)NC1=O.O=C1C=CC(=O)N1. The van der Waals surface area contributed by atoms with Gasteiger partial charge < -0.3 is 0 Å². The van der Waals surface area contributed by atoms with E-state index in [4.69, 9.17) is 0 Å². The molecule has 6 amide bonds. The van der Waals surface area contributed by atoms with E-state index in [0.29, 0.717) is 11.1 Å². The molecule has 3 aliphatic rings. The summed E-state index contributed by atoms with van der Waals surface area (Å²) in [5, 5.41) is 6.37. The van der Waals surface area contributed by atoms with E-state index in [-0.39, 0.29) is 23.0 Å². The van der Waals surface area contributed by atoms with Gasteiger partial charge in [0, 0.05) is 24.3 Å². The van der Waals surface area contributed by atoms with E-state index in [1.54, 1.807) is 25.1 Å². The summed E-state index contributed by atoms with van der Waals surface area (Å²) in [6.07, 6.45) is 4.83. The lowest BCUT2D eigenvalue weighted by molar-refractivity contribution is -0.125. The average molecular weight is 379 g/mol. The Morgan fingerprint density at radius 3 is 1.61 bits per heavy atom. The monoisotopic (exact) mass is 379 g/mol. The van der Waals surface area contributed by atoms with Crippen LogP contribution in [0.2, 0.25) is 0 Å². The second kappa shape index (κ2) is 7.23. The van der Waals surface area contributed by atoms with Crippen LogP contribution >= 0.6 is 0 Å². The van der Waals surface area contributed by atoms with Crippen molar-refractivity contribution < 1.29 is 28.8 Å². The molecule has 0 atom stereocenters. The molecule has 0 aliphatic carbocycles. The molecule has 0 saturated heterocycles. The van der Waals surface area contributed by atoms with Crippen LogP contribution in [0, 0.1) is 6.92 Å². The molecule has 0 bridgehead atoms. The number of amides is 6. The maximum atomic E-state index is 11.7. The van der Waals surface area contributed by atoms with Crippen LogP contribution in [0.15, 0.2) is 42.5 Å². The smallest absolute Gasteiger partial charge is 0.258 e. The van der Waals surface area contributed by atoms with Crippen molar-refractivity contribution in [2.24, 2.45) is 0 Å². The van der Waals surface area contributed by atoms with Crippen LogP contribution in [-0.2, 0) is 28.8 Å². The van der Waals surface area contributed by atoms with Crippen LogP contribution < -0.4 is 16.0 Å². The van der Waals surface area contributed by atoms with E-state index in [0.717, 1.165) is 5.56 Å².